The van der Waals surface area contributed by atoms with Crippen LogP contribution in [0.5, 0.6) is 5.75 Å². The number of amides is 1. The van der Waals surface area contributed by atoms with E-state index in [-0.39, 0.29) is 18.1 Å². The first kappa shape index (κ1) is 17.3. The Hall–Kier alpha value is -1.72. The smallest absolute Gasteiger partial charge is 0.406 e. The van der Waals surface area contributed by atoms with Crippen molar-refractivity contribution >= 4 is 5.91 Å². The number of hydrogen-bond donors (Lipinski definition) is 0. The van der Waals surface area contributed by atoms with Gasteiger partial charge in [0.2, 0.25) is 5.91 Å². The molecule has 1 rings (SSSR count). The van der Waals surface area contributed by atoms with E-state index in [1.165, 1.54) is 24.3 Å². The van der Waals surface area contributed by atoms with Gasteiger partial charge in [-0.25, -0.2) is 0 Å². The number of nitrogens with zero attached hydrogens (tertiary/aromatic N) is 1. The molecule has 0 aliphatic heterocycles. The first-order chi connectivity index (χ1) is 9.71. The minimum atomic E-state index is -4.70. The molecular formula is C15H20F3NO2. The van der Waals surface area contributed by atoms with Crippen molar-refractivity contribution in [1.29, 1.82) is 0 Å². The van der Waals surface area contributed by atoms with Gasteiger partial charge >= 0.3 is 6.36 Å². The summed E-state index contributed by atoms with van der Waals surface area (Å²) in [5.41, 5.74) is 0.664. The molecular weight excluding hydrogens is 283 g/mol. The van der Waals surface area contributed by atoms with Crippen molar-refractivity contribution in [2.24, 2.45) is 5.92 Å². The van der Waals surface area contributed by atoms with Gasteiger partial charge < -0.3 is 9.64 Å². The van der Waals surface area contributed by atoms with Crippen LogP contribution < -0.4 is 4.74 Å². The van der Waals surface area contributed by atoms with Gasteiger partial charge in [0, 0.05) is 13.1 Å². The molecule has 0 fully saturated rings. The van der Waals surface area contributed by atoms with E-state index in [0.29, 0.717) is 24.6 Å². The van der Waals surface area contributed by atoms with E-state index in [0.717, 1.165) is 0 Å². The highest BCUT2D eigenvalue weighted by atomic mass is 19.4. The molecule has 6 heteroatoms. The topological polar surface area (TPSA) is 29.5 Å². The Morgan fingerprint density at radius 3 is 2.24 bits per heavy atom. The average Bonchev–Trinajstić information content (AvgIpc) is 2.36. The van der Waals surface area contributed by atoms with Crippen molar-refractivity contribution in [3.05, 3.63) is 29.8 Å². The minimum absolute atomic E-state index is 0.0318. The molecule has 0 unspecified atom stereocenters. The van der Waals surface area contributed by atoms with E-state index in [4.69, 9.17) is 0 Å². The first-order valence-electron chi connectivity index (χ1n) is 6.83. The fourth-order valence-electron chi connectivity index (χ4n) is 1.94. The van der Waals surface area contributed by atoms with Gasteiger partial charge in [-0.3, -0.25) is 4.79 Å². The lowest BCUT2D eigenvalue weighted by atomic mass is 10.1. The van der Waals surface area contributed by atoms with Gasteiger partial charge in [0.05, 0.1) is 6.42 Å². The Labute approximate surface area is 122 Å². The third-order valence-corrected chi connectivity index (χ3v) is 2.83. The van der Waals surface area contributed by atoms with Crippen LogP contribution in [0.4, 0.5) is 13.2 Å². The van der Waals surface area contributed by atoms with Crippen LogP contribution >= 0.6 is 0 Å². The molecule has 21 heavy (non-hydrogen) atoms. The Morgan fingerprint density at radius 1 is 1.24 bits per heavy atom. The standard InChI is InChI=1S/C15H20F3NO2/c1-4-19(10-11(2)3)14(20)9-12-5-7-13(8-6-12)21-15(16,17)18/h5-8,11H,4,9-10H2,1-3H3. The highest BCUT2D eigenvalue weighted by Gasteiger charge is 2.30. The Bertz CT molecular complexity index is 455. The molecule has 0 saturated heterocycles. The van der Waals surface area contributed by atoms with Crippen molar-refractivity contribution in [1.82, 2.24) is 4.90 Å². The second kappa shape index (κ2) is 7.33. The molecule has 0 aliphatic rings. The quantitative estimate of drug-likeness (QED) is 0.803. The predicted octanol–water partition coefficient (Wildman–Crippen LogP) is 3.63. The number of alkyl halides is 3. The summed E-state index contributed by atoms with van der Waals surface area (Å²) in [7, 11) is 0. The SMILES string of the molecule is CCN(CC(C)C)C(=O)Cc1ccc(OC(F)(F)F)cc1. The number of halogens is 3. The van der Waals surface area contributed by atoms with Crippen LogP contribution in [0.15, 0.2) is 24.3 Å². The van der Waals surface area contributed by atoms with Crippen molar-refractivity contribution in [2.45, 2.75) is 33.6 Å². The summed E-state index contributed by atoms with van der Waals surface area (Å²) in [6.45, 7) is 7.25. The van der Waals surface area contributed by atoms with Crippen molar-refractivity contribution in [3.8, 4) is 5.75 Å². The lowest BCUT2D eigenvalue weighted by Gasteiger charge is -2.23. The zero-order valence-corrected chi connectivity index (χ0v) is 12.4. The van der Waals surface area contributed by atoms with Gasteiger partial charge in [0.1, 0.15) is 5.75 Å². The number of carbonyl (C=O) groups excluding carboxylic acids is 1. The van der Waals surface area contributed by atoms with Crippen molar-refractivity contribution in [2.75, 3.05) is 13.1 Å². The van der Waals surface area contributed by atoms with E-state index >= 15 is 0 Å². The molecule has 0 bridgehead atoms. The summed E-state index contributed by atoms with van der Waals surface area (Å²) >= 11 is 0. The lowest BCUT2D eigenvalue weighted by Crippen LogP contribution is -2.35. The third kappa shape index (κ3) is 6.51. The summed E-state index contributed by atoms with van der Waals surface area (Å²) in [4.78, 5) is 13.8. The maximum Gasteiger partial charge on any atom is 0.573 e. The van der Waals surface area contributed by atoms with Crippen LogP contribution in [0, 0.1) is 5.92 Å². The fourth-order valence-corrected chi connectivity index (χ4v) is 1.94. The first-order valence-corrected chi connectivity index (χ1v) is 6.83. The molecule has 0 aromatic heterocycles. The largest absolute Gasteiger partial charge is 0.573 e. The van der Waals surface area contributed by atoms with Crippen molar-refractivity contribution in [3.63, 3.8) is 0 Å². The molecule has 0 atom stereocenters. The maximum atomic E-state index is 12.1. The van der Waals surface area contributed by atoms with Gasteiger partial charge in [0.15, 0.2) is 0 Å². The van der Waals surface area contributed by atoms with E-state index < -0.39 is 6.36 Å². The van der Waals surface area contributed by atoms with Gasteiger partial charge in [-0.15, -0.1) is 13.2 Å². The Morgan fingerprint density at radius 2 is 1.81 bits per heavy atom. The molecule has 1 aromatic rings. The number of benzene rings is 1. The van der Waals surface area contributed by atoms with E-state index in [1.54, 1.807) is 4.90 Å². The van der Waals surface area contributed by atoms with Crippen molar-refractivity contribution < 1.29 is 22.7 Å². The molecule has 118 valence electrons. The van der Waals surface area contributed by atoms with Crippen LogP contribution in [0.1, 0.15) is 26.3 Å². The number of ether oxygens (including phenoxy) is 1. The molecule has 3 nitrogen and oxygen atoms in total. The number of hydrogen-bond acceptors (Lipinski definition) is 2. The molecule has 1 aromatic carbocycles. The summed E-state index contributed by atoms with van der Waals surface area (Å²) in [5.74, 6) is 0.0559. The normalized spacial score (nSPS) is 11.6. The summed E-state index contributed by atoms with van der Waals surface area (Å²) in [6.07, 6.45) is -4.53. The van der Waals surface area contributed by atoms with E-state index in [9.17, 15) is 18.0 Å². The molecule has 0 spiro atoms. The van der Waals surface area contributed by atoms with Crippen LogP contribution in [0.2, 0.25) is 0 Å². The Balaban J connectivity index is 2.64. The number of likely N-dealkylation sites (N-methyl/N-ethyl adjacent to an activating group) is 1. The van der Waals surface area contributed by atoms with Crippen LogP contribution in [0.3, 0.4) is 0 Å². The van der Waals surface area contributed by atoms with Crippen LogP contribution in [-0.4, -0.2) is 30.3 Å². The summed E-state index contributed by atoms with van der Waals surface area (Å²) < 4.78 is 39.9. The van der Waals surface area contributed by atoms with E-state index in [2.05, 4.69) is 4.74 Å². The third-order valence-electron chi connectivity index (χ3n) is 2.83. The molecule has 0 heterocycles. The minimum Gasteiger partial charge on any atom is -0.406 e. The molecule has 0 saturated carbocycles. The van der Waals surface area contributed by atoms with Crippen LogP contribution in [0.25, 0.3) is 0 Å². The molecule has 0 radical (unpaired) electrons. The average molecular weight is 303 g/mol. The zero-order valence-electron chi connectivity index (χ0n) is 12.4. The van der Waals surface area contributed by atoms with Gasteiger partial charge in [-0.05, 0) is 30.5 Å². The van der Waals surface area contributed by atoms with Gasteiger partial charge in [-0.1, -0.05) is 26.0 Å². The second-order valence-electron chi connectivity index (χ2n) is 5.19. The zero-order chi connectivity index (χ0) is 16.0. The highest BCUT2D eigenvalue weighted by Crippen LogP contribution is 2.22. The molecule has 0 aliphatic carbocycles. The van der Waals surface area contributed by atoms with E-state index in [1.807, 2.05) is 20.8 Å². The Kier molecular flexibility index (Phi) is 6.05. The monoisotopic (exact) mass is 303 g/mol. The highest BCUT2D eigenvalue weighted by molar-refractivity contribution is 5.78. The van der Waals surface area contributed by atoms with Gasteiger partial charge in [-0.2, -0.15) is 0 Å². The fraction of sp³-hybridized carbons (Fsp3) is 0.533. The maximum absolute atomic E-state index is 12.1. The number of carbonyl (C=O) groups is 1. The summed E-state index contributed by atoms with van der Waals surface area (Å²) in [6, 6.07) is 5.38. The van der Waals surface area contributed by atoms with Gasteiger partial charge in [0.25, 0.3) is 0 Å². The molecule has 1 amide bonds. The van der Waals surface area contributed by atoms with Crippen LogP contribution in [-0.2, 0) is 11.2 Å². The summed E-state index contributed by atoms with van der Waals surface area (Å²) in [5, 5.41) is 0. The molecule has 0 N–H and O–H groups in total. The number of rotatable bonds is 6. The second-order valence-corrected chi connectivity index (χ2v) is 5.19. The predicted molar refractivity (Wildman–Crippen MR) is 73.9 cm³/mol. The lowest BCUT2D eigenvalue weighted by molar-refractivity contribution is -0.274.